The largest absolute Gasteiger partial charge is 0.507 e. The van der Waals surface area contributed by atoms with Gasteiger partial charge in [0.2, 0.25) is 6.23 Å². The number of ether oxygens (including phenoxy) is 2. The predicted octanol–water partition coefficient (Wildman–Crippen LogP) is 4.78. The zero-order chi connectivity index (χ0) is 20.0. The second kappa shape index (κ2) is 6.81. The van der Waals surface area contributed by atoms with Crippen LogP contribution < -0.4 is 9.47 Å². The maximum Gasteiger partial charge on any atom is 0.214 e. The van der Waals surface area contributed by atoms with Crippen molar-refractivity contribution in [1.82, 2.24) is 5.01 Å². The quantitative estimate of drug-likeness (QED) is 0.699. The van der Waals surface area contributed by atoms with E-state index in [-0.39, 0.29) is 17.6 Å². The highest BCUT2D eigenvalue weighted by Crippen LogP contribution is 2.50. The summed E-state index contributed by atoms with van der Waals surface area (Å²) in [6.45, 7) is 0. The molecule has 0 amide bonds. The van der Waals surface area contributed by atoms with Crippen molar-refractivity contribution >= 4 is 5.71 Å². The molecule has 3 aromatic carbocycles. The van der Waals surface area contributed by atoms with E-state index in [9.17, 15) is 9.50 Å². The number of benzene rings is 3. The van der Waals surface area contributed by atoms with E-state index in [2.05, 4.69) is 0 Å². The molecular formula is C23H19FN2O3. The smallest absolute Gasteiger partial charge is 0.214 e. The number of phenols is 1. The zero-order valence-corrected chi connectivity index (χ0v) is 15.7. The lowest BCUT2D eigenvalue weighted by molar-refractivity contribution is -0.0209. The fourth-order valence-electron chi connectivity index (χ4n) is 3.97. The number of para-hydroxylation sites is 2. The molecule has 146 valence electrons. The number of halogens is 1. The molecule has 5 nitrogen and oxygen atoms in total. The van der Waals surface area contributed by atoms with Crippen molar-refractivity contribution in [2.75, 3.05) is 7.11 Å². The Labute approximate surface area is 167 Å². The monoisotopic (exact) mass is 390 g/mol. The molecule has 2 aliphatic rings. The summed E-state index contributed by atoms with van der Waals surface area (Å²) >= 11 is 0. The van der Waals surface area contributed by atoms with Crippen LogP contribution in [0.2, 0.25) is 0 Å². The van der Waals surface area contributed by atoms with Crippen molar-refractivity contribution in [3.05, 3.63) is 89.2 Å². The highest BCUT2D eigenvalue weighted by Gasteiger charge is 2.42. The Kier molecular flexibility index (Phi) is 4.12. The Morgan fingerprint density at radius 2 is 1.86 bits per heavy atom. The summed E-state index contributed by atoms with van der Waals surface area (Å²) < 4.78 is 25.3. The molecule has 0 fully saturated rings. The van der Waals surface area contributed by atoms with E-state index in [0.717, 1.165) is 16.8 Å². The number of hydrogen-bond acceptors (Lipinski definition) is 5. The fourth-order valence-corrected chi connectivity index (χ4v) is 3.97. The van der Waals surface area contributed by atoms with E-state index in [1.165, 1.54) is 12.1 Å². The van der Waals surface area contributed by atoms with Gasteiger partial charge in [0.1, 0.15) is 11.6 Å². The van der Waals surface area contributed by atoms with Crippen molar-refractivity contribution in [3.63, 3.8) is 0 Å². The van der Waals surface area contributed by atoms with Gasteiger partial charge in [-0.25, -0.2) is 9.40 Å². The summed E-state index contributed by atoms with van der Waals surface area (Å²) in [6.07, 6.45) is 0.0754. The molecule has 0 spiro atoms. The third kappa shape index (κ3) is 2.88. The van der Waals surface area contributed by atoms with Crippen molar-refractivity contribution in [2.24, 2.45) is 5.10 Å². The molecule has 2 atom stereocenters. The first kappa shape index (κ1) is 17.6. The summed E-state index contributed by atoms with van der Waals surface area (Å²) in [5.74, 6) is 1.19. The molecule has 6 heteroatoms. The van der Waals surface area contributed by atoms with Crippen LogP contribution in [0, 0.1) is 5.82 Å². The number of rotatable bonds is 3. The van der Waals surface area contributed by atoms with E-state index in [1.54, 1.807) is 31.4 Å². The zero-order valence-electron chi connectivity index (χ0n) is 15.7. The number of phenolic OH excluding ortho intramolecular Hbond substituents is 1. The van der Waals surface area contributed by atoms with Crippen LogP contribution in [0.1, 0.15) is 35.4 Å². The average molecular weight is 390 g/mol. The topological polar surface area (TPSA) is 54.3 Å². The van der Waals surface area contributed by atoms with E-state index >= 15 is 0 Å². The first-order valence-corrected chi connectivity index (χ1v) is 9.39. The molecule has 29 heavy (non-hydrogen) atoms. The molecule has 1 N–H and O–H groups in total. The second-order valence-electron chi connectivity index (χ2n) is 7.06. The minimum absolute atomic E-state index is 0.0847. The minimum atomic E-state index is -0.534. The third-order valence-corrected chi connectivity index (χ3v) is 5.37. The molecule has 0 saturated heterocycles. The number of aromatic hydroxyl groups is 1. The maximum absolute atomic E-state index is 13.5. The SMILES string of the molecule is COc1cccc2c1O[C@@H](c1ccc(F)cc1)N1N=C(c3ccccc3O)C[C@@H]21. The first-order valence-electron chi connectivity index (χ1n) is 9.39. The van der Waals surface area contributed by atoms with Gasteiger partial charge in [-0.2, -0.15) is 5.10 Å². The average Bonchev–Trinajstić information content (AvgIpc) is 3.19. The lowest BCUT2D eigenvalue weighted by atomic mass is 9.95. The van der Waals surface area contributed by atoms with Crippen LogP contribution in [0.5, 0.6) is 17.2 Å². The Morgan fingerprint density at radius 3 is 2.62 bits per heavy atom. The summed E-state index contributed by atoms with van der Waals surface area (Å²) in [5, 5.41) is 17.0. The van der Waals surface area contributed by atoms with Gasteiger partial charge in [0.25, 0.3) is 0 Å². The minimum Gasteiger partial charge on any atom is -0.507 e. The van der Waals surface area contributed by atoms with Crippen molar-refractivity contribution in [3.8, 4) is 17.2 Å². The molecule has 5 rings (SSSR count). The molecule has 2 heterocycles. The molecular weight excluding hydrogens is 371 g/mol. The van der Waals surface area contributed by atoms with E-state index in [0.29, 0.717) is 23.5 Å². The highest BCUT2D eigenvalue weighted by atomic mass is 19.1. The third-order valence-electron chi connectivity index (χ3n) is 5.37. The van der Waals surface area contributed by atoms with Crippen molar-refractivity contribution in [2.45, 2.75) is 18.7 Å². The van der Waals surface area contributed by atoms with Crippen LogP contribution in [0.3, 0.4) is 0 Å². The Morgan fingerprint density at radius 1 is 1.07 bits per heavy atom. The Balaban J connectivity index is 1.63. The van der Waals surface area contributed by atoms with Gasteiger partial charge >= 0.3 is 0 Å². The number of fused-ring (bicyclic) bond motifs is 3. The van der Waals surface area contributed by atoms with Crippen LogP contribution in [-0.4, -0.2) is 22.9 Å². The van der Waals surface area contributed by atoms with Gasteiger partial charge < -0.3 is 14.6 Å². The molecule has 0 saturated carbocycles. The standard InChI is InChI=1S/C23H19FN2O3/c1-28-21-8-4-6-17-19-13-18(16-5-2-3-7-20(16)27)25-26(19)23(29-22(17)21)14-9-11-15(24)12-10-14/h2-12,19,23,27H,13H2,1H3/t19-,23-/m0/s1. The van der Waals surface area contributed by atoms with Crippen LogP contribution in [0.25, 0.3) is 0 Å². The maximum atomic E-state index is 13.5. The van der Waals surface area contributed by atoms with Gasteiger partial charge in [0, 0.05) is 23.1 Å². The van der Waals surface area contributed by atoms with Crippen molar-refractivity contribution in [1.29, 1.82) is 0 Å². The number of nitrogens with zero attached hydrogens (tertiary/aromatic N) is 2. The van der Waals surface area contributed by atoms with Gasteiger partial charge in [0.05, 0.1) is 18.9 Å². The number of hydrogen-bond donors (Lipinski definition) is 1. The first-order chi connectivity index (χ1) is 14.2. The van der Waals surface area contributed by atoms with Crippen LogP contribution in [0.4, 0.5) is 4.39 Å². The van der Waals surface area contributed by atoms with Crippen molar-refractivity contribution < 1.29 is 19.0 Å². The van der Waals surface area contributed by atoms with E-state index < -0.39 is 6.23 Å². The molecule has 0 bridgehead atoms. The molecule has 2 aliphatic heterocycles. The summed E-state index contributed by atoms with van der Waals surface area (Å²) in [5.41, 5.74) is 3.23. The van der Waals surface area contributed by atoms with Gasteiger partial charge in [0.15, 0.2) is 11.5 Å². The number of hydrazone groups is 1. The Hall–Kier alpha value is -3.54. The van der Waals surface area contributed by atoms with E-state index in [4.69, 9.17) is 14.6 Å². The summed E-state index contributed by atoms with van der Waals surface area (Å²) in [4.78, 5) is 0. The fraction of sp³-hybridized carbons (Fsp3) is 0.174. The van der Waals surface area contributed by atoms with Crippen LogP contribution >= 0.6 is 0 Å². The molecule has 0 aromatic heterocycles. The molecule has 0 unspecified atom stereocenters. The van der Waals surface area contributed by atoms with Gasteiger partial charge in [-0.05, 0) is 30.3 Å². The van der Waals surface area contributed by atoms with Crippen LogP contribution in [-0.2, 0) is 0 Å². The van der Waals surface area contributed by atoms with Gasteiger partial charge in [-0.3, -0.25) is 0 Å². The second-order valence-corrected chi connectivity index (χ2v) is 7.06. The van der Waals surface area contributed by atoms with Crippen LogP contribution in [0.15, 0.2) is 71.8 Å². The summed E-state index contributed by atoms with van der Waals surface area (Å²) in [7, 11) is 1.61. The molecule has 0 radical (unpaired) electrons. The Bertz CT molecular complexity index is 1100. The lowest BCUT2D eigenvalue weighted by Crippen LogP contribution is -2.33. The van der Waals surface area contributed by atoms with Gasteiger partial charge in [-0.15, -0.1) is 0 Å². The summed E-state index contributed by atoms with van der Waals surface area (Å²) in [6, 6.07) is 19.1. The highest BCUT2D eigenvalue weighted by molar-refractivity contribution is 6.04. The predicted molar refractivity (Wildman–Crippen MR) is 107 cm³/mol. The normalized spacial score (nSPS) is 19.8. The molecule has 0 aliphatic carbocycles. The lowest BCUT2D eigenvalue weighted by Gasteiger charge is -2.38. The molecule has 3 aromatic rings. The number of methoxy groups -OCH3 is 1. The van der Waals surface area contributed by atoms with E-state index in [1.807, 2.05) is 35.3 Å². The van der Waals surface area contributed by atoms with Gasteiger partial charge in [-0.1, -0.05) is 36.4 Å².